The third kappa shape index (κ3) is 6.76. The van der Waals surface area contributed by atoms with Crippen molar-refractivity contribution in [1.82, 2.24) is 0 Å². The first-order valence-electron chi connectivity index (χ1n) is 11.0. The Bertz CT molecular complexity index is 1150. The molecule has 0 fully saturated rings. The van der Waals surface area contributed by atoms with Crippen LogP contribution in [-0.2, 0) is 48.4 Å². The average Bonchev–Trinajstić information content (AvgIpc) is 2.90. The molecule has 0 aliphatic heterocycles. The van der Waals surface area contributed by atoms with Gasteiger partial charge in [-0.1, -0.05) is 91.0 Å². The van der Waals surface area contributed by atoms with Gasteiger partial charge in [-0.15, -0.1) is 0 Å². The second-order valence-corrected chi connectivity index (χ2v) is 7.98. The number of carbonyl (C=O) groups excluding carboxylic acids is 3. The molecule has 1 unspecified atom stereocenters. The van der Waals surface area contributed by atoms with Gasteiger partial charge in [0.2, 0.25) is 5.60 Å². The summed E-state index contributed by atoms with van der Waals surface area (Å²) >= 11 is 0. The van der Waals surface area contributed by atoms with E-state index in [0.29, 0.717) is 16.7 Å². The maximum absolute atomic E-state index is 12.9. The van der Waals surface area contributed by atoms with Crippen LogP contribution in [0.3, 0.4) is 0 Å². The molecule has 3 aromatic rings. The van der Waals surface area contributed by atoms with Crippen molar-refractivity contribution >= 4 is 17.9 Å². The molecule has 3 rings (SSSR count). The van der Waals surface area contributed by atoms with E-state index in [-0.39, 0.29) is 19.8 Å². The van der Waals surface area contributed by atoms with Gasteiger partial charge in [-0.2, -0.15) is 0 Å². The van der Waals surface area contributed by atoms with E-state index in [1.54, 1.807) is 91.0 Å². The molecule has 9 nitrogen and oxygen atoms in total. The molecule has 0 aromatic heterocycles. The SMILES string of the molecule is O=C(CC(O)(C(=O)OCc1ccccc1)C(O)(O)C(=O)OCc1ccccc1)OCc1ccccc1. The van der Waals surface area contributed by atoms with Crippen LogP contribution in [-0.4, -0.2) is 44.6 Å². The summed E-state index contributed by atoms with van der Waals surface area (Å²) < 4.78 is 15.0. The number of carbonyl (C=O) groups is 3. The Morgan fingerprint density at radius 1 is 0.556 bits per heavy atom. The monoisotopic (exact) mass is 494 g/mol. The standard InChI is InChI=1S/C27H26O9/c28-23(34-17-20-10-4-1-5-11-20)16-26(31,24(29)35-18-21-12-6-2-7-13-21)27(32,33)25(30)36-19-22-14-8-3-9-15-22/h1-15,31-33H,16-19H2. The van der Waals surface area contributed by atoms with Gasteiger partial charge in [-0.05, 0) is 16.7 Å². The van der Waals surface area contributed by atoms with Crippen LogP contribution in [0.1, 0.15) is 23.1 Å². The molecule has 0 aliphatic rings. The minimum atomic E-state index is -3.83. The van der Waals surface area contributed by atoms with Crippen molar-refractivity contribution in [1.29, 1.82) is 0 Å². The molecule has 3 N–H and O–H groups in total. The summed E-state index contributed by atoms with van der Waals surface area (Å²) in [5, 5.41) is 32.3. The molecule has 3 aromatic carbocycles. The van der Waals surface area contributed by atoms with E-state index in [0.717, 1.165) is 0 Å². The lowest BCUT2D eigenvalue weighted by Gasteiger charge is -2.34. The molecular weight excluding hydrogens is 468 g/mol. The smallest absolute Gasteiger partial charge is 0.370 e. The lowest BCUT2D eigenvalue weighted by molar-refractivity contribution is -0.278. The summed E-state index contributed by atoms with van der Waals surface area (Å²) in [6, 6.07) is 25.2. The largest absolute Gasteiger partial charge is 0.461 e. The minimum absolute atomic E-state index is 0.211. The van der Waals surface area contributed by atoms with E-state index in [9.17, 15) is 29.7 Å². The average molecular weight is 494 g/mol. The lowest BCUT2D eigenvalue weighted by atomic mass is 9.89. The molecular formula is C27H26O9. The van der Waals surface area contributed by atoms with Gasteiger partial charge >= 0.3 is 23.7 Å². The second kappa shape index (κ2) is 12.1. The van der Waals surface area contributed by atoms with Crippen molar-refractivity contribution in [3.8, 4) is 0 Å². The van der Waals surface area contributed by atoms with E-state index in [2.05, 4.69) is 0 Å². The molecule has 0 spiro atoms. The summed E-state index contributed by atoms with van der Waals surface area (Å²) in [5.74, 6) is -8.38. The number of benzene rings is 3. The van der Waals surface area contributed by atoms with Crippen LogP contribution in [0.4, 0.5) is 0 Å². The topological polar surface area (TPSA) is 140 Å². The molecule has 0 saturated heterocycles. The van der Waals surface area contributed by atoms with Crippen molar-refractivity contribution in [2.75, 3.05) is 0 Å². The van der Waals surface area contributed by atoms with Crippen LogP contribution in [0.5, 0.6) is 0 Å². The minimum Gasteiger partial charge on any atom is -0.461 e. The number of hydrogen-bond donors (Lipinski definition) is 3. The predicted octanol–water partition coefficient (Wildman–Crippen LogP) is 2.02. The van der Waals surface area contributed by atoms with Crippen molar-refractivity contribution in [2.24, 2.45) is 0 Å². The summed E-state index contributed by atoms with van der Waals surface area (Å²) in [5.41, 5.74) is -1.78. The van der Waals surface area contributed by atoms with Gasteiger partial charge in [0.25, 0.3) is 0 Å². The Morgan fingerprint density at radius 2 is 0.917 bits per heavy atom. The van der Waals surface area contributed by atoms with Crippen LogP contribution >= 0.6 is 0 Å². The third-order valence-corrected chi connectivity index (χ3v) is 5.27. The van der Waals surface area contributed by atoms with E-state index in [1.165, 1.54) is 0 Å². The number of ether oxygens (including phenoxy) is 3. The maximum Gasteiger partial charge on any atom is 0.370 e. The molecule has 188 valence electrons. The van der Waals surface area contributed by atoms with Gasteiger partial charge in [-0.25, -0.2) is 9.59 Å². The second-order valence-electron chi connectivity index (χ2n) is 7.98. The van der Waals surface area contributed by atoms with Crippen LogP contribution < -0.4 is 0 Å². The first-order valence-corrected chi connectivity index (χ1v) is 11.0. The van der Waals surface area contributed by atoms with Crippen molar-refractivity contribution in [3.05, 3.63) is 108 Å². The number of aliphatic hydroxyl groups is 3. The molecule has 0 radical (unpaired) electrons. The Labute approximate surface area is 207 Å². The highest BCUT2D eigenvalue weighted by atomic mass is 16.6. The Morgan fingerprint density at radius 3 is 1.33 bits per heavy atom. The van der Waals surface area contributed by atoms with Gasteiger partial charge in [0.15, 0.2) is 0 Å². The van der Waals surface area contributed by atoms with Crippen LogP contribution in [0.25, 0.3) is 0 Å². The van der Waals surface area contributed by atoms with E-state index in [4.69, 9.17) is 14.2 Å². The van der Waals surface area contributed by atoms with Gasteiger partial charge < -0.3 is 29.5 Å². The predicted molar refractivity (Wildman–Crippen MR) is 125 cm³/mol. The zero-order valence-electron chi connectivity index (χ0n) is 19.3. The van der Waals surface area contributed by atoms with Gasteiger partial charge in [0, 0.05) is 0 Å². The molecule has 0 amide bonds. The van der Waals surface area contributed by atoms with Crippen LogP contribution in [0.2, 0.25) is 0 Å². The fourth-order valence-corrected chi connectivity index (χ4v) is 3.17. The molecule has 0 heterocycles. The molecule has 0 bridgehead atoms. The molecule has 1 atom stereocenters. The highest BCUT2D eigenvalue weighted by molar-refractivity contribution is 5.94. The fourth-order valence-electron chi connectivity index (χ4n) is 3.17. The molecule has 0 saturated carbocycles. The van der Waals surface area contributed by atoms with E-state index >= 15 is 0 Å². The fraction of sp³-hybridized carbons (Fsp3) is 0.222. The highest BCUT2D eigenvalue weighted by Crippen LogP contribution is 2.29. The number of hydrogen-bond acceptors (Lipinski definition) is 9. The third-order valence-electron chi connectivity index (χ3n) is 5.27. The van der Waals surface area contributed by atoms with Gasteiger partial charge in [-0.3, -0.25) is 4.79 Å². The molecule has 0 aliphatic carbocycles. The Hall–Kier alpha value is -4.05. The summed E-state index contributed by atoms with van der Waals surface area (Å²) in [7, 11) is 0. The first-order chi connectivity index (χ1) is 17.2. The molecule has 9 heteroatoms. The Kier molecular flexibility index (Phi) is 8.91. The normalized spacial score (nSPS) is 12.8. The maximum atomic E-state index is 12.9. The number of rotatable bonds is 11. The van der Waals surface area contributed by atoms with Crippen LogP contribution in [0, 0.1) is 0 Å². The summed E-state index contributed by atoms with van der Waals surface area (Å²) in [6.45, 7) is -0.955. The Balaban J connectivity index is 1.76. The highest BCUT2D eigenvalue weighted by Gasteiger charge is 2.63. The van der Waals surface area contributed by atoms with Crippen molar-refractivity contribution in [2.45, 2.75) is 37.6 Å². The summed E-state index contributed by atoms with van der Waals surface area (Å²) in [4.78, 5) is 37.9. The summed E-state index contributed by atoms with van der Waals surface area (Å²) in [6.07, 6.45) is -1.29. The lowest BCUT2D eigenvalue weighted by Crippen LogP contribution is -2.65. The van der Waals surface area contributed by atoms with E-state index in [1.807, 2.05) is 0 Å². The van der Waals surface area contributed by atoms with Gasteiger partial charge in [0.1, 0.15) is 19.8 Å². The quantitative estimate of drug-likeness (QED) is 0.207. The van der Waals surface area contributed by atoms with Gasteiger partial charge in [0.05, 0.1) is 6.42 Å². The first kappa shape index (κ1) is 26.6. The van der Waals surface area contributed by atoms with Crippen molar-refractivity contribution in [3.63, 3.8) is 0 Å². The van der Waals surface area contributed by atoms with Crippen molar-refractivity contribution < 1.29 is 43.9 Å². The van der Waals surface area contributed by atoms with E-state index < -0.39 is 35.7 Å². The molecule has 36 heavy (non-hydrogen) atoms. The zero-order chi connectivity index (χ0) is 26.0. The van der Waals surface area contributed by atoms with Crippen LogP contribution in [0.15, 0.2) is 91.0 Å². The number of esters is 3. The zero-order valence-corrected chi connectivity index (χ0v) is 19.3.